The maximum Gasteiger partial charge on any atom is 0.446 e. The van der Waals surface area contributed by atoms with Crippen LogP contribution < -0.4 is 11.3 Å². The third-order valence-corrected chi connectivity index (χ3v) is 2.68. The number of halogens is 3. The number of anilines is 1. The molecule has 0 aliphatic rings. The molecule has 0 saturated heterocycles. The number of alkyl halides is 3. The summed E-state index contributed by atoms with van der Waals surface area (Å²) in [6.45, 7) is 1.80. The molecule has 0 fully saturated rings. The summed E-state index contributed by atoms with van der Waals surface area (Å²) in [5.74, 6) is 5.17. The molecule has 0 saturated carbocycles. The summed E-state index contributed by atoms with van der Waals surface area (Å²) >= 11 is -0.0975. The molecule has 0 radical (unpaired) electrons. The van der Waals surface area contributed by atoms with Gasteiger partial charge in [0.25, 0.3) is 0 Å². The summed E-state index contributed by atoms with van der Waals surface area (Å²) in [5.41, 5.74) is -0.605. The van der Waals surface area contributed by atoms with E-state index in [2.05, 4.69) is 5.43 Å². The Kier molecular flexibility index (Phi) is 3.87. The van der Waals surface area contributed by atoms with Gasteiger partial charge in [0.2, 0.25) is 0 Å². The Morgan fingerprint density at radius 3 is 2.53 bits per heavy atom. The third-order valence-electron chi connectivity index (χ3n) is 1.83. The number of hydrogen-bond acceptors (Lipinski definition) is 3. The molecule has 0 amide bonds. The van der Waals surface area contributed by atoms with Gasteiger partial charge in [-0.3, -0.25) is 5.84 Å². The highest BCUT2D eigenvalue weighted by molar-refractivity contribution is 8.00. The van der Waals surface area contributed by atoms with Crippen molar-refractivity contribution in [2.45, 2.75) is 23.7 Å². The van der Waals surface area contributed by atoms with Crippen LogP contribution in [0.2, 0.25) is 0 Å². The van der Waals surface area contributed by atoms with Gasteiger partial charge in [-0.2, -0.15) is 13.2 Å². The minimum absolute atomic E-state index is 0.0975. The molecule has 0 unspecified atom stereocenters. The van der Waals surface area contributed by atoms with Crippen LogP contribution >= 0.6 is 11.8 Å². The Hall–Kier alpha value is -0.880. The van der Waals surface area contributed by atoms with Crippen LogP contribution in [0.15, 0.2) is 23.1 Å². The Balaban J connectivity index is 2.97. The van der Waals surface area contributed by atoms with Gasteiger partial charge in [-0.15, -0.1) is 0 Å². The highest BCUT2D eigenvalue weighted by Gasteiger charge is 2.30. The SMILES string of the molecule is CCc1cc(NN)ccc1SC(F)(F)F. The lowest BCUT2D eigenvalue weighted by atomic mass is 10.1. The van der Waals surface area contributed by atoms with Gasteiger partial charge in [-0.05, 0) is 41.9 Å². The minimum Gasteiger partial charge on any atom is -0.324 e. The van der Waals surface area contributed by atoms with Crippen LogP contribution in [0.5, 0.6) is 0 Å². The first-order valence-electron chi connectivity index (χ1n) is 4.31. The minimum atomic E-state index is -4.25. The van der Waals surface area contributed by atoms with Crippen molar-refractivity contribution in [3.63, 3.8) is 0 Å². The summed E-state index contributed by atoms with van der Waals surface area (Å²) in [6, 6.07) is 4.56. The van der Waals surface area contributed by atoms with E-state index in [4.69, 9.17) is 5.84 Å². The average Bonchev–Trinajstić information content (AvgIpc) is 2.16. The zero-order valence-electron chi connectivity index (χ0n) is 8.06. The van der Waals surface area contributed by atoms with Gasteiger partial charge < -0.3 is 5.43 Å². The highest BCUT2D eigenvalue weighted by Crippen LogP contribution is 2.39. The molecule has 3 N–H and O–H groups in total. The van der Waals surface area contributed by atoms with E-state index in [9.17, 15) is 13.2 Å². The molecule has 0 aliphatic heterocycles. The highest BCUT2D eigenvalue weighted by atomic mass is 32.2. The van der Waals surface area contributed by atoms with Gasteiger partial charge in [0.05, 0.1) is 0 Å². The summed E-state index contributed by atoms with van der Waals surface area (Å²) in [4.78, 5) is 0.226. The predicted octanol–water partition coefficient (Wildman–Crippen LogP) is 3.15. The molecule has 0 aliphatic carbocycles. The first kappa shape index (κ1) is 12.2. The van der Waals surface area contributed by atoms with Gasteiger partial charge in [0, 0.05) is 10.6 Å². The van der Waals surface area contributed by atoms with Crippen molar-refractivity contribution in [1.29, 1.82) is 0 Å². The van der Waals surface area contributed by atoms with E-state index in [-0.39, 0.29) is 16.7 Å². The fraction of sp³-hybridized carbons (Fsp3) is 0.333. The van der Waals surface area contributed by atoms with Crippen LogP contribution in [0.25, 0.3) is 0 Å². The summed E-state index contributed by atoms with van der Waals surface area (Å²) in [7, 11) is 0. The van der Waals surface area contributed by atoms with Gasteiger partial charge >= 0.3 is 5.51 Å². The first-order valence-corrected chi connectivity index (χ1v) is 5.13. The van der Waals surface area contributed by atoms with Crippen molar-refractivity contribution < 1.29 is 13.2 Å². The van der Waals surface area contributed by atoms with E-state index in [1.807, 2.05) is 0 Å². The number of aryl methyl sites for hydroxylation is 1. The first-order chi connectivity index (χ1) is 6.96. The number of nitrogens with one attached hydrogen (secondary N) is 1. The van der Waals surface area contributed by atoms with Crippen LogP contribution in [-0.4, -0.2) is 5.51 Å². The van der Waals surface area contributed by atoms with Gasteiger partial charge in [0.15, 0.2) is 0 Å². The van der Waals surface area contributed by atoms with Crippen molar-refractivity contribution in [3.05, 3.63) is 23.8 Å². The van der Waals surface area contributed by atoms with Gasteiger partial charge in [-0.1, -0.05) is 6.92 Å². The molecule has 84 valence electrons. The molecular formula is C9H11F3N2S. The van der Waals surface area contributed by atoms with Crippen LogP contribution in [0.3, 0.4) is 0 Å². The fourth-order valence-electron chi connectivity index (χ4n) is 1.17. The van der Waals surface area contributed by atoms with E-state index >= 15 is 0 Å². The topological polar surface area (TPSA) is 38.0 Å². The summed E-state index contributed by atoms with van der Waals surface area (Å²) in [5, 5.41) is 0. The van der Waals surface area contributed by atoms with Crippen molar-refractivity contribution in [2.75, 3.05) is 5.43 Å². The number of hydrazine groups is 1. The number of nitrogens with two attached hydrogens (primary N) is 1. The van der Waals surface area contributed by atoms with Crippen LogP contribution in [0.4, 0.5) is 18.9 Å². The Bertz CT molecular complexity index is 339. The second kappa shape index (κ2) is 4.76. The van der Waals surface area contributed by atoms with Crippen molar-refractivity contribution in [1.82, 2.24) is 0 Å². The molecule has 1 rings (SSSR count). The average molecular weight is 236 g/mol. The lowest BCUT2D eigenvalue weighted by Gasteiger charge is -2.11. The van der Waals surface area contributed by atoms with Gasteiger partial charge in [0.1, 0.15) is 0 Å². The van der Waals surface area contributed by atoms with Crippen molar-refractivity contribution in [2.24, 2.45) is 5.84 Å². The summed E-state index contributed by atoms with van der Waals surface area (Å²) in [6.07, 6.45) is 0.536. The zero-order chi connectivity index (χ0) is 11.5. The molecule has 1 aromatic rings. The monoisotopic (exact) mass is 236 g/mol. The molecule has 0 heterocycles. The van der Waals surface area contributed by atoms with Crippen LogP contribution in [0.1, 0.15) is 12.5 Å². The molecule has 15 heavy (non-hydrogen) atoms. The Labute approximate surface area is 90.0 Å². The van der Waals surface area contributed by atoms with Crippen molar-refractivity contribution in [3.8, 4) is 0 Å². The van der Waals surface area contributed by atoms with E-state index in [0.717, 1.165) is 0 Å². The fourth-order valence-corrected chi connectivity index (χ4v) is 1.89. The van der Waals surface area contributed by atoms with E-state index in [0.29, 0.717) is 17.7 Å². The normalized spacial score (nSPS) is 11.5. The van der Waals surface area contributed by atoms with E-state index in [1.165, 1.54) is 12.1 Å². The molecule has 2 nitrogen and oxygen atoms in total. The summed E-state index contributed by atoms with van der Waals surface area (Å²) < 4.78 is 36.5. The van der Waals surface area contributed by atoms with E-state index in [1.54, 1.807) is 13.0 Å². The third kappa shape index (κ3) is 3.64. The smallest absolute Gasteiger partial charge is 0.324 e. The second-order valence-corrected chi connectivity index (χ2v) is 3.98. The predicted molar refractivity (Wildman–Crippen MR) is 55.5 cm³/mol. The van der Waals surface area contributed by atoms with Crippen molar-refractivity contribution >= 4 is 17.4 Å². The lowest BCUT2D eigenvalue weighted by molar-refractivity contribution is -0.0328. The quantitative estimate of drug-likeness (QED) is 0.481. The molecule has 0 atom stereocenters. The number of hydrogen-bond donors (Lipinski definition) is 2. The number of thioether (sulfide) groups is 1. The zero-order valence-corrected chi connectivity index (χ0v) is 8.88. The second-order valence-electron chi connectivity index (χ2n) is 2.87. The number of rotatable bonds is 3. The molecular weight excluding hydrogens is 225 g/mol. The van der Waals surface area contributed by atoms with Crippen LogP contribution in [0, 0.1) is 0 Å². The standard InChI is InChI=1S/C9H11F3N2S/c1-2-6-5-7(14-13)3-4-8(6)15-9(10,11)12/h3-5,14H,2,13H2,1H3. The molecule has 6 heteroatoms. The molecule has 1 aromatic carbocycles. The maximum absolute atomic E-state index is 12.2. The Morgan fingerprint density at radius 2 is 2.07 bits per heavy atom. The van der Waals surface area contributed by atoms with Crippen LogP contribution in [-0.2, 0) is 6.42 Å². The Morgan fingerprint density at radius 1 is 1.40 bits per heavy atom. The number of nitrogen functional groups attached to an aromatic ring is 1. The maximum atomic E-state index is 12.2. The lowest BCUT2D eigenvalue weighted by Crippen LogP contribution is -2.07. The molecule has 0 aromatic heterocycles. The molecule has 0 spiro atoms. The molecule has 0 bridgehead atoms. The van der Waals surface area contributed by atoms with Gasteiger partial charge in [-0.25, -0.2) is 0 Å². The van der Waals surface area contributed by atoms with E-state index < -0.39 is 5.51 Å². The number of benzene rings is 1. The largest absolute Gasteiger partial charge is 0.446 e.